The molecule has 1 spiro atoms. The number of hydroxylamine groups is 1. The van der Waals surface area contributed by atoms with E-state index in [9.17, 15) is 15.3 Å². The van der Waals surface area contributed by atoms with Crippen LogP contribution in [0.25, 0.3) is 0 Å². The summed E-state index contributed by atoms with van der Waals surface area (Å²) in [6, 6.07) is 11.6. The van der Waals surface area contributed by atoms with E-state index in [0.717, 1.165) is 10.6 Å². The van der Waals surface area contributed by atoms with Gasteiger partial charge in [0.2, 0.25) is 0 Å². The minimum Gasteiger partial charge on any atom is -0.457 e. The first-order valence-corrected chi connectivity index (χ1v) is 7.89. The molecule has 7 heteroatoms. The van der Waals surface area contributed by atoms with Crippen molar-refractivity contribution in [3.63, 3.8) is 0 Å². The molecule has 2 heterocycles. The predicted molar refractivity (Wildman–Crippen MR) is 91.9 cm³/mol. The fourth-order valence-electron chi connectivity index (χ4n) is 3.83. The first-order chi connectivity index (χ1) is 11.8. The van der Waals surface area contributed by atoms with Crippen molar-refractivity contribution in [2.24, 2.45) is 4.99 Å². The van der Waals surface area contributed by atoms with E-state index in [2.05, 4.69) is 4.99 Å². The molecule has 25 heavy (non-hydrogen) atoms. The smallest absolute Gasteiger partial charge is 0.273 e. The van der Waals surface area contributed by atoms with Crippen molar-refractivity contribution >= 4 is 22.8 Å². The summed E-state index contributed by atoms with van der Waals surface area (Å²) in [7, 11) is 0. The molecule has 0 saturated heterocycles. The first kappa shape index (κ1) is 15.6. The Labute approximate surface area is 144 Å². The van der Waals surface area contributed by atoms with Crippen LogP contribution in [-0.4, -0.2) is 16.4 Å². The number of fused-ring (bicyclic) bond motifs is 2. The molecule has 0 fully saturated rings. The topological polar surface area (TPSA) is 87.9 Å². The highest BCUT2D eigenvalue weighted by molar-refractivity contribution is 6.00. The highest BCUT2D eigenvalue weighted by Crippen LogP contribution is 2.55. The zero-order valence-electron chi connectivity index (χ0n) is 14.0. The van der Waals surface area contributed by atoms with Gasteiger partial charge in [-0.1, -0.05) is 23.4 Å². The normalized spacial score (nSPS) is 22.9. The number of non-ortho nitro benzene ring substituents is 1. The summed E-state index contributed by atoms with van der Waals surface area (Å²) in [5, 5.41) is 25.1. The first-order valence-electron chi connectivity index (χ1n) is 7.89. The van der Waals surface area contributed by atoms with Crippen LogP contribution in [-0.2, 0) is 10.6 Å². The van der Waals surface area contributed by atoms with Gasteiger partial charge in [-0.15, -0.1) is 0 Å². The molecule has 0 saturated carbocycles. The zero-order chi connectivity index (χ0) is 18.0. The molecule has 2 aliphatic heterocycles. The number of nitrogens with zero attached hydrogens (tertiary/aromatic N) is 3. The summed E-state index contributed by atoms with van der Waals surface area (Å²) in [4.78, 5) is 15.1. The van der Waals surface area contributed by atoms with E-state index in [0.29, 0.717) is 17.1 Å². The van der Waals surface area contributed by atoms with Crippen molar-refractivity contribution in [3.8, 4) is 5.75 Å². The Morgan fingerprint density at radius 1 is 1.20 bits per heavy atom. The average molecular weight is 338 g/mol. The van der Waals surface area contributed by atoms with Crippen molar-refractivity contribution in [1.29, 1.82) is 0 Å². The van der Waals surface area contributed by atoms with Gasteiger partial charge in [0, 0.05) is 6.07 Å². The minimum absolute atomic E-state index is 0.102. The molecule has 0 aliphatic carbocycles. The third-order valence-electron chi connectivity index (χ3n) is 5.12. The second-order valence-electron chi connectivity index (χ2n) is 6.79. The van der Waals surface area contributed by atoms with Gasteiger partial charge in [-0.25, -0.2) is 4.99 Å². The van der Waals surface area contributed by atoms with Gasteiger partial charge < -0.3 is 4.74 Å². The summed E-state index contributed by atoms with van der Waals surface area (Å²) in [5.74, 6) is 0.238. The van der Waals surface area contributed by atoms with E-state index < -0.39 is 16.1 Å². The Balaban J connectivity index is 1.93. The molecule has 2 aromatic carbocycles. The van der Waals surface area contributed by atoms with Crippen LogP contribution in [0.1, 0.15) is 26.3 Å². The highest BCUT2D eigenvalue weighted by Gasteiger charge is 2.63. The molecule has 4 rings (SSSR count). The quantitative estimate of drug-likeness (QED) is 0.582. The van der Waals surface area contributed by atoms with E-state index in [1.165, 1.54) is 18.2 Å². The maximum absolute atomic E-state index is 13.2. The van der Waals surface area contributed by atoms with Gasteiger partial charge in [-0.3, -0.25) is 10.1 Å². The highest BCUT2D eigenvalue weighted by atomic mass is 16.6. The van der Waals surface area contributed by atoms with E-state index in [-0.39, 0.29) is 11.4 Å². The standard InChI is InChI=1S/C18H16N3O4/c1-11-18(17(2,3)13-6-4-5-7-15(13)20(18)22)25-16-10-12(21(23)24)8-9-14(16)19-11/h4-10H,1-3H3/t18-/m1/s1. The van der Waals surface area contributed by atoms with Gasteiger partial charge in [-0.2, -0.15) is 5.06 Å². The zero-order valence-corrected chi connectivity index (χ0v) is 14.0. The van der Waals surface area contributed by atoms with Crippen LogP contribution in [0.3, 0.4) is 0 Å². The van der Waals surface area contributed by atoms with Gasteiger partial charge in [0.15, 0.2) is 5.75 Å². The lowest BCUT2D eigenvalue weighted by molar-refractivity contribution is -0.385. The lowest BCUT2D eigenvalue weighted by atomic mass is 9.75. The number of nitro benzene ring substituents is 1. The van der Waals surface area contributed by atoms with Gasteiger partial charge in [0.1, 0.15) is 5.69 Å². The van der Waals surface area contributed by atoms with Crippen molar-refractivity contribution in [1.82, 2.24) is 0 Å². The molecule has 1 atom stereocenters. The van der Waals surface area contributed by atoms with E-state index in [1.807, 2.05) is 26.0 Å². The largest absolute Gasteiger partial charge is 0.457 e. The summed E-state index contributed by atoms with van der Waals surface area (Å²) in [5.41, 5.74) is 0.206. The van der Waals surface area contributed by atoms with Crippen LogP contribution in [0.5, 0.6) is 5.75 Å². The minimum atomic E-state index is -1.38. The molecular weight excluding hydrogens is 322 g/mol. The Morgan fingerprint density at radius 2 is 1.92 bits per heavy atom. The second kappa shape index (κ2) is 4.80. The number of hydrogen-bond acceptors (Lipinski definition) is 5. The Kier molecular flexibility index (Phi) is 2.99. The summed E-state index contributed by atoms with van der Waals surface area (Å²) < 4.78 is 6.17. The average Bonchev–Trinajstić information content (AvgIpc) is 2.75. The number of nitro groups is 1. The Morgan fingerprint density at radius 3 is 2.60 bits per heavy atom. The molecule has 0 amide bonds. The summed E-state index contributed by atoms with van der Waals surface area (Å²) >= 11 is 0. The molecule has 1 radical (unpaired) electrons. The molecule has 2 aliphatic rings. The molecule has 7 nitrogen and oxygen atoms in total. The van der Waals surface area contributed by atoms with Crippen molar-refractivity contribution < 1.29 is 14.9 Å². The monoisotopic (exact) mass is 338 g/mol. The van der Waals surface area contributed by atoms with Gasteiger partial charge in [0.05, 0.1) is 27.8 Å². The molecular formula is C18H16N3O4. The van der Waals surface area contributed by atoms with Gasteiger partial charge >= 0.3 is 0 Å². The molecule has 0 bridgehead atoms. The van der Waals surface area contributed by atoms with Crippen molar-refractivity contribution in [2.45, 2.75) is 31.9 Å². The predicted octanol–water partition coefficient (Wildman–Crippen LogP) is 3.92. The number of benzene rings is 2. The van der Waals surface area contributed by atoms with Crippen molar-refractivity contribution in [3.05, 3.63) is 58.1 Å². The van der Waals surface area contributed by atoms with Gasteiger partial charge in [0.25, 0.3) is 11.4 Å². The summed E-state index contributed by atoms with van der Waals surface area (Å²) in [6.45, 7) is 5.60. The number of anilines is 1. The maximum atomic E-state index is 13.2. The van der Waals surface area contributed by atoms with E-state index >= 15 is 0 Å². The fourth-order valence-corrected chi connectivity index (χ4v) is 3.83. The van der Waals surface area contributed by atoms with E-state index in [1.54, 1.807) is 19.1 Å². The van der Waals surface area contributed by atoms with Crippen LogP contribution in [0.2, 0.25) is 0 Å². The van der Waals surface area contributed by atoms with Crippen LogP contribution in [0.4, 0.5) is 17.1 Å². The number of ether oxygens (including phenoxy) is 1. The third-order valence-corrected chi connectivity index (χ3v) is 5.12. The maximum Gasteiger partial charge on any atom is 0.273 e. The lowest BCUT2D eigenvalue weighted by Gasteiger charge is -2.45. The lowest BCUT2D eigenvalue weighted by Crippen LogP contribution is -2.64. The number of rotatable bonds is 1. The Bertz CT molecular complexity index is 938. The number of aliphatic imine (C=N–C) groups is 1. The number of hydrogen-bond donors (Lipinski definition) is 0. The third kappa shape index (κ3) is 1.81. The fraction of sp³-hybridized carbons (Fsp3) is 0.278. The second-order valence-corrected chi connectivity index (χ2v) is 6.79. The van der Waals surface area contributed by atoms with Crippen molar-refractivity contribution in [2.75, 3.05) is 5.06 Å². The SMILES string of the molecule is CC1=Nc2ccc([N+](=O)[O-])cc2O[C@]12N([O])c1ccccc1C2(C)C. The van der Waals surface area contributed by atoms with Gasteiger partial charge in [-0.05, 0) is 38.5 Å². The Hall–Kier alpha value is -2.93. The molecule has 0 aromatic heterocycles. The molecule has 0 N–H and O–H groups in total. The molecule has 0 unspecified atom stereocenters. The molecule has 2 aromatic rings. The molecule has 127 valence electrons. The number of para-hydroxylation sites is 1. The van der Waals surface area contributed by atoms with Crippen LogP contribution in [0, 0.1) is 10.1 Å². The van der Waals surface area contributed by atoms with Crippen LogP contribution in [0.15, 0.2) is 47.5 Å². The van der Waals surface area contributed by atoms with Crippen LogP contribution >= 0.6 is 0 Å². The summed E-state index contributed by atoms with van der Waals surface area (Å²) in [6.07, 6.45) is 0. The van der Waals surface area contributed by atoms with E-state index in [4.69, 9.17) is 4.74 Å². The van der Waals surface area contributed by atoms with Crippen LogP contribution < -0.4 is 9.80 Å².